The SMILES string of the molecule is Cc1ccc(-c2cc(N)ccc2N(CCO)CCO)cc1[N+](=O)[O-]. The Balaban J connectivity index is 2.59. The maximum absolute atomic E-state index is 11.2. The molecule has 2 aromatic rings. The lowest BCUT2D eigenvalue weighted by Crippen LogP contribution is -2.30. The summed E-state index contributed by atoms with van der Waals surface area (Å²) in [7, 11) is 0. The van der Waals surface area contributed by atoms with Crippen molar-refractivity contribution in [1.29, 1.82) is 0 Å². The zero-order chi connectivity index (χ0) is 17.7. The summed E-state index contributed by atoms with van der Waals surface area (Å²) in [6.45, 7) is 2.22. The molecule has 7 heteroatoms. The molecule has 0 aliphatic heterocycles. The van der Waals surface area contributed by atoms with Gasteiger partial charge in [-0.05, 0) is 30.7 Å². The van der Waals surface area contributed by atoms with Crippen LogP contribution in [-0.4, -0.2) is 41.4 Å². The number of nitrogens with two attached hydrogens (primary N) is 1. The smallest absolute Gasteiger partial charge is 0.272 e. The van der Waals surface area contributed by atoms with Crippen molar-refractivity contribution in [3.05, 3.63) is 52.1 Å². The molecule has 2 aromatic carbocycles. The fourth-order valence-electron chi connectivity index (χ4n) is 2.63. The second-order valence-corrected chi connectivity index (χ2v) is 5.47. The highest BCUT2D eigenvalue weighted by molar-refractivity contribution is 5.82. The Morgan fingerprint density at radius 2 is 1.79 bits per heavy atom. The summed E-state index contributed by atoms with van der Waals surface area (Å²) in [4.78, 5) is 12.6. The largest absolute Gasteiger partial charge is 0.399 e. The number of nitrogen functional groups attached to an aromatic ring is 1. The van der Waals surface area contributed by atoms with Crippen molar-refractivity contribution < 1.29 is 15.1 Å². The molecule has 0 aromatic heterocycles. The first-order chi connectivity index (χ1) is 11.5. The summed E-state index contributed by atoms with van der Waals surface area (Å²) in [5, 5.41) is 29.7. The minimum Gasteiger partial charge on any atom is -0.399 e. The summed E-state index contributed by atoms with van der Waals surface area (Å²) in [6, 6.07) is 10.3. The van der Waals surface area contributed by atoms with Crippen LogP contribution in [0.2, 0.25) is 0 Å². The van der Waals surface area contributed by atoms with Gasteiger partial charge in [-0.25, -0.2) is 0 Å². The fraction of sp³-hybridized carbons (Fsp3) is 0.294. The van der Waals surface area contributed by atoms with Gasteiger partial charge in [0.15, 0.2) is 0 Å². The zero-order valence-corrected chi connectivity index (χ0v) is 13.5. The van der Waals surface area contributed by atoms with E-state index in [2.05, 4.69) is 0 Å². The molecule has 4 N–H and O–H groups in total. The van der Waals surface area contributed by atoms with Crippen molar-refractivity contribution in [3.8, 4) is 11.1 Å². The Hall–Kier alpha value is -2.64. The fourth-order valence-corrected chi connectivity index (χ4v) is 2.63. The summed E-state index contributed by atoms with van der Waals surface area (Å²) in [6.07, 6.45) is 0. The second kappa shape index (κ2) is 7.76. The van der Waals surface area contributed by atoms with E-state index < -0.39 is 4.92 Å². The number of aryl methyl sites for hydroxylation is 1. The first kappa shape index (κ1) is 17.7. The predicted molar refractivity (Wildman–Crippen MR) is 94.1 cm³/mol. The molecule has 0 amide bonds. The summed E-state index contributed by atoms with van der Waals surface area (Å²) >= 11 is 0. The molecule has 0 atom stereocenters. The molecule has 0 unspecified atom stereocenters. The van der Waals surface area contributed by atoms with Gasteiger partial charge in [-0.2, -0.15) is 0 Å². The highest BCUT2D eigenvalue weighted by Gasteiger charge is 2.17. The van der Waals surface area contributed by atoms with Gasteiger partial charge in [0.05, 0.1) is 18.1 Å². The summed E-state index contributed by atoms with van der Waals surface area (Å²) in [5.41, 5.74) is 9.18. The van der Waals surface area contributed by atoms with Crippen molar-refractivity contribution in [2.75, 3.05) is 36.9 Å². The van der Waals surface area contributed by atoms with Gasteiger partial charge >= 0.3 is 0 Å². The third-order valence-corrected chi connectivity index (χ3v) is 3.82. The molecule has 0 bridgehead atoms. The Labute approximate surface area is 140 Å². The van der Waals surface area contributed by atoms with Crippen LogP contribution < -0.4 is 10.6 Å². The normalized spacial score (nSPS) is 10.6. The molecule has 24 heavy (non-hydrogen) atoms. The standard InChI is InChI=1S/C17H21N3O4/c1-12-2-3-13(10-17(12)20(23)24)15-11-14(18)4-5-16(15)19(6-8-21)7-9-22/h2-5,10-11,21-22H,6-9,18H2,1H3. The topological polar surface area (TPSA) is 113 Å². The van der Waals surface area contributed by atoms with E-state index in [1.165, 1.54) is 6.07 Å². The molecule has 0 radical (unpaired) electrons. The molecule has 0 aliphatic carbocycles. The molecule has 0 aliphatic rings. The van der Waals surface area contributed by atoms with Crippen LogP contribution in [0, 0.1) is 17.0 Å². The Kier molecular flexibility index (Phi) is 5.73. The second-order valence-electron chi connectivity index (χ2n) is 5.47. The average Bonchev–Trinajstić information content (AvgIpc) is 2.55. The quantitative estimate of drug-likeness (QED) is 0.406. The first-order valence-electron chi connectivity index (χ1n) is 7.59. The molecule has 2 rings (SSSR count). The van der Waals surface area contributed by atoms with Crippen LogP contribution in [0.1, 0.15) is 5.56 Å². The van der Waals surface area contributed by atoms with Gasteiger partial charge in [0.1, 0.15) is 0 Å². The molecule has 0 saturated carbocycles. The van der Waals surface area contributed by atoms with Crippen molar-refractivity contribution in [2.24, 2.45) is 0 Å². The van der Waals surface area contributed by atoms with Gasteiger partial charge in [-0.1, -0.05) is 12.1 Å². The lowest BCUT2D eigenvalue weighted by atomic mass is 9.99. The molecule has 128 valence electrons. The number of nitro groups is 1. The van der Waals surface area contributed by atoms with E-state index in [1.807, 2.05) is 4.90 Å². The Morgan fingerprint density at radius 1 is 1.12 bits per heavy atom. The van der Waals surface area contributed by atoms with E-state index >= 15 is 0 Å². The van der Waals surface area contributed by atoms with E-state index in [9.17, 15) is 20.3 Å². The predicted octanol–water partition coefficient (Wildman–Crippen LogP) is 1.94. The molecule has 0 fully saturated rings. The maximum atomic E-state index is 11.2. The van der Waals surface area contributed by atoms with E-state index in [-0.39, 0.29) is 18.9 Å². The van der Waals surface area contributed by atoms with E-state index in [1.54, 1.807) is 37.3 Å². The number of hydrogen-bond acceptors (Lipinski definition) is 6. The van der Waals surface area contributed by atoms with Gasteiger partial charge in [-0.3, -0.25) is 10.1 Å². The third kappa shape index (κ3) is 3.81. The molecule has 0 saturated heterocycles. The number of aliphatic hydroxyl groups is 2. The average molecular weight is 331 g/mol. The molecule has 7 nitrogen and oxygen atoms in total. The van der Waals surface area contributed by atoms with Crippen molar-refractivity contribution in [3.63, 3.8) is 0 Å². The van der Waals surface area contributed by atoms with Crippen LogP contribution in [0.4, 0.5) is 17.1 Å². The van der Waals surface area contributed by atoms with Crippen LogP contribution in [0.25, 0.3) is 11.1 Å². The lowest BCUT2D eigenvalue weighted by Gasteiger charge is -2.26. The van der Waals surface area contributed by atoms with Crippen LogP contribution in [-0.2, 0) is 0 Å². The number of nitro benzene ring substituents is 1. The number of hydrogen-bond donors (Lipinski definition) is 3. The lowest BCUT2D eigenvalue weighted by molar-refractivity contribution is -0.385. The number of rotatable bonds is 7. The molecular weight excluding hydrogens is 310 g/mol. The van der Waals surface area contributed by atoms with Crippen molar-refractivity contribution in [2.45, 2.75) is 6.92 Å². The Morgan fingerprint density at radius 3 is 2.38 bits per heavy atom. The van der Waals surface area contributed by atoms with Crippen LogP contribution in [0.15, 0.2) is 36.4 Å². The van der Waals surface area contributed by atoms with E-state index in [4.69, 9.17) is 5.73 Å². The van der Waals surface area contributed by atoms with E-state index in [0.29, 0.717) is 29.9 Å². The van der Waals surface area contributed by atoms with Crippen LogP contribution in [0.3, 0.4) is 0 Å². The van der Waals surface area contributed by atoms with Gasteiger partial charge in [0.25, 0.3) is 5.69 Å². The first-order valence-corrected chi connectivity index (χ1v) is 7.59. The molecule has 0 heterocycles. The highest BCUT2D eigenvalue weighted by atomic mass is 16.6. The van der Waals surface area contributed by atoms with Crippen LogP contribution in [0.5, 0.6) is 0 Å². The number of nitrogens with zero attached hydrogens (tertiary/aromatic N) is 2. The van der Waals surface area contributed by atoms with Gasteiger partial charge < -0.3 is 20.8 Å². The number of aliphatic hydroxyl groups excluding tert-OH is 2. The van der Waals surface area contributed by atoms with Gasteiger partial charge in [-0.15, -0.1) is 0 Å². The highest BCUT2D eigenvalue weighted by Crippen LogP contribution is 2.35. The van der Waals surface area contributed by atoms with Crippen LogP contribution >= 0.6 is 0 Å². The Bertz CT molecular complexity index is 728. The monoisotopic (exact) mass is 331 g/mol. The van der Waals surface area contributed by atoms with Crippen molar-refractivity contribution in [1.82, 2.24) is 0 Å². The zero-order valence-electron chi connectivity index (χ0n) is 13.5. The molecular formula is C17H21N3O4. The maximum Gasteiger partial charge on any atom is 0.272 e. The summed E-state index contributed by atoms with van der Waals surface area (Å²) in [5.74, 6) is 0. The number of benzene rings is 2. The third-order valence-electron chi connectivity index (χ3n) is 3.82. The minimum atomic E-state index is -0.413. The molecule has 0 spiro atoms. The number of anilines is 2. The van der Waals surface area contributed by atoms with Crippen molar-refractivity contribution >= 4 is 17.1 Å². The minimum absolute atomic E-state index is 0.0386. The summed E-state index contributed by atoms with van der Waals surface area (Å²) < 4.78 is 0. The van der Waals surface area contributed by atoms with E-state index in [0.717, 1.165) is 11.3 Å². The van der Waals surface area contributed by atoms with Gasteiger partial charge in [0.2, 0.25) is 0 Å². The van der Waals surface area contributed by atoms with Gasteiger partial charge in [0, 0.05) is 41.7 Å².